The third-order valence-corrected chi connectivity index (χ3v) is 4.04. The number of thiazole rings is 2. The van der Waals surface area contributed by atoms with Crippen LogP contribution in [0.15, 0.2) is 17.0 Å². The van der Waals surface area contributed by atoms with Crippen molar-refractivity contribution in [3.05, 3.63) is 27.1 Å². The first-order valence-corrected chi connectivity index (χ1v) is 6.51. The van der Waals surface area contributed by atoms with Crippen molar-refractivity contribution in [1.82, 2.24) is 9.97 Å². The fourth-order valence-electron chi connectivity index (χ4n) is 1.16. The lowest BCUT2D eigenvalue weighted by Crippen LogP contribution is -2.27. The second-order valence-corrected chi connectivity index (χ2v) is 5.70. The zero-order chi connectivity index (χ0) is 10.9. The predicted octanol–water partition coefficient (Wildman–Crippen LogP) is 3.60. The molecule has 0 radical (unpaired) electrons. The quantitative estimate of drug-likeness (QED) is 0.915. The van der Waals surface area contributed by atoms with Crippen molar-refractivity contribution in [2.45, 2.75) is 19.4 Å². The third kappa shape index (κ3) is 2.48. The van der Waals surface area contributed by atoms with E-state index in [4.69, 9.17) is 11.6 Å². The summed E-state index contributed by atoms with van der Waals surface area (Å²) >= 11 is 8.88. The summed E-state index contributed by atoms with van der Waals surface area (Å²) in [5.41, 5.74) is -0.213. The van der Waals surface area contributed by atoms with Crippen LogP contribution in [0.3, 0.4) is 0 Å². The fraction of sp³-hybridized carbons (Fsp3) is 0.333. The van der Waals surface area contributed by atoms with Gasteiger partial charge in [0.2, 0.25) is 0 Å². The number of nitrogens with one attached hydrogen (secondary N) is 1. The molecule has 0 saturated carbocycles. The van der Waals surface area contributed by atoms with Crippen LogP contribution in [0, 0.1) is 0 Å². The van der Waals surface area contributed by atoms with Gasteiger partial charge in [-0.25, -0.2) is 9.97 Å². The van der Waals surface area contributed by atoms with Gasteiger partial charge in [-0.1, -0.05) is 11.6 Å². The van der Waals surface area contributed by atoms with Gasteiger partial charge in [-0.3, -0.25) is 0 Å². The van der Waals surface area contributed by atoms with E-state index in [9.17, 15) is 0 Å². The largest absolute Gasteiger partial charge is 0.350 e. The maximum atomic E-state index is 5.76. The van der Waals surface area contributed by atoms with Crippen LogP contribution in [0.1, 0.15) is 18.9 Å². The minimum atomic E-state index is -0.213. The molecule has 0 fully saturated rings. The molecule has 0 bridgehead atoms. The van der Waals surface area contributed by atoms with Crippen LogP contribution in [-0.4, -0.2) is 9.97 Å². The smallest absolute Gasteiger partial charge is 0.184 e. The van der Waals surface area contributed by atoms with Gasteiger partial charge in [0.15, 0.2) is 5.13 Å². The number of aromatic nitrogens is 2. The van der Waals surface area contributed by atoms with Crippen molar-refractivity contribution < 1.29 is 0 Å². The van der Waals surface area contributed by atoms with Crippen molar-refractivity contribution in [3.8, 4) is 0 Å². The molecule has 0 saturated heterocycles. The first-order chi connectivity index (χ1) is 7.08. The average molecular weight is 260 g/mol. The molecule has 0 aliphatic heterocycles. The van der Waals surface area contributed by atoms with Gasteiger partial charge in [0.1, 0.15) is 10.2 Å². The van der Waals surface area contributed by atoms with Crippen LogP contribution in [0.25, 0.3) is 0 Å². The number of hydrogen-bond donors (Lipinski definition) is 1. The maximum absolute atomic E-state index is 5.76. The van der Waals surface area contributed by atoms with E-state index in [1.54, 1.807) is 17.5 Å². The molecular weight excluding hydrogens is 250 g/mol. The third-order valence-electron chi connectivity index (χ3n) is 1.86. The normalized spacial score (nSPS) is 11.7. The van der Waals surface area contributed by atoms with E-state index in [0.717, 1.165) is 10.1 Å². The van der Waals surface area contributed by atoms with E-state index >= 15 is 0 Å². The highest BCUT2D eigenvalue weighted by Crippen LogP contribution is 2.29. The molecule has 0 atom stereocenters. The standard InChI is InChI=1S/C9H10ClN3S2/c1-9(2,7-11-3-4-14-7)13-8-12-6(10)5-15-8/h3-5H,1-2H3,(H,12,13). The molecule has 0 spiro atoms. The van der Waals surface area contributed by atoms with E-state index in [2.05, 4.69) is 29.1 Å². The first kappa shape index (κ1) is 10.9. The maximum Gasteiger partial charge on any atom is 0.184 e. The molecule has 2 heterocycles. The molecular formula is C9H10ClN3S2. The van der Waals surface area contributed by atoms with E-state index in [-0.39, 0.29) is 5.54 Å². The Hall–Kier alpha value is -0.650. The highest BCUT2D eigenvalue weighted by Gasteiger charge is 2.24. The molecule has 1 N–H and O–H groups in total. The van der Waals surface area contributed by atoms with Crippen LogP contribution < -0.4 is 5.32 Å². The van der Waals surface area contributed by atoms with Crippen LogP contribution in [0.2, 0.25) is 5.15 Å². The van der Waals surface area contributed by atoms with Crippen LogP contribution in [-0.2, 0) is 5.54 Å². The first-order valence-electron chi connectivity index (χ1n) is 4.37. The summed E-state index contributed by atoms with van der Waals surface area (Å²) in [5, 5.41) is 9.47. The molecule has 0 aromatic carbocycles. The minimum absolute atomic E-state index is 0.213. The Morgan fingerprint density at radius 3 is 2.73 bits per heavy atom. The fourth-order valence-corrected chi connectivity index (χ4v) is 2.88. The molecule has 3 nitrogen and oxygen atoms in total. The molecule has 6 heteroatoms. The van der Waals surface area contributed by atoms with Gasteiger partial charge in [-0.15, -0.1) is 22.7 Å². The molecule has 0 amide bonds. The Labute approximate surface area is 101 Å². The molecule has 2 aromatic rings. The molecule has 0 unspecified atom stereocenters. The van der Waals surface area contributed by atoms with E-state index in [0.29, 0.717) is 5.15 Å². The van der Waals surface area contributed by atoms with Gasteiger partial charge < -0.3 is 5.32 Å². The van der Waals surface area contributed by atoms with Crippen molar-refractivity contribution in [2.75, 3.05) is 5.32 Å². The highest BCUT2D eigenvalue weighted by molar-refractivity contribution is 7.14. The molecule has 0 aliphatic carbocycles. The topological polar surface area (TPSA) is 37.8 Å². The Morgan fingerprint density at radius 2 is 2.20 bits per heavy atom. The lowest BCUT2D eigenvalue weighted by atomic mass is 10.1. The van der Waals surface area contributed by atoms with Crippen LogP contribution in [0.5, 0.6) is 0 Å². The zero-order valence-electron chi connectivity index (χ0n) is 8.32. The van der Waals surface area contributed by atoms with Gasteiger partial charge in [0.25, 0.3) is 0 Å². The summed E-state index contributed by atoms with van der Waals surface area (Å²) in [5.74, 6) is 0. The minimum Gasteiger partial charge on any atom is -0.350 e. The average Bonchev–Trinajstić information content (AvgIpc) is 2.75. The van der Waals surface area contributed by atoms with Crippen molar-refractivity contribution >= 4 is 39.4 Å². The lowest BCUT2D eigenvalue weighted by molar-refractivity contribution is 0.603. The van der Waals surface area contributed by atoms with Crippen molar-refractivity contribution in [3.63, 3.8) is 0 Å². The van der Waals surface area contributed by atoms with Gasteiger partial charge in [-0.05, 0) is 13.8 Å². The Bertz CT molecular complexity index is 436. The molecule has 2 aromatic heterocycles. The van der Waals surface area contributed by atoms with E-state index in [1.807, 2.05) is 10.8 Å². The van der Waals surface area contributed by atoms with Crippen molar-refractivity contribution in [1.29, 1.82) is 0 Å². The zero-order valence-corrected chi connectivity index (χ0v) is 10.7. The van der Waals surface area contributed by atoms with Gasteiger partial charge in [0.05, 0.1) is 5.54 Å². The van der Waals surface area contributed by atoms with Gasteiger partial charge >= 0.3 is 0 Å². The second kappa shape index (κ2) is 4.08. The van der Waals surface area contributed by atoms with Crippen molar-refractivity contribution in [2.24, 2.45) is 0 Å². The molecule has 2 rings (SSSR count). The summed E-state index contributed by atoms with van der Waals surface area (Å²) in [6.45, 7) is 4.14. The summed E-state index contributed by atoms with van der Waals surface area (Å²) in [4.78, 5) is 8.45. The van der Waals surface area contributed by atoms with Gasteiger partial charge in [-0.2, -0.15) is 0 Å². The number of anilines is 1. The number of nitrogens with zero attached hydrogens (tertiary/aromatic N) is 2. The van der Waals surface area contributed by atoms with Gasteiger partial charge in [0, 0.05) is 17.0 Å². The number of hydrogen-bond acceptors (Lipinski definition) is 5. The Kier molecular flexibility index (Phi) is 2.95. The summed E-state index contributed by atoms with van der Waals surface area (Å²) in [6.07, 6.45) is 1.80. The molecule has 80 valence electrons. The monoisotopic (exact) mass is 259 g/mol. The van der Waals surface area contributed by atoms with Crippen LogP contribution >= 0.6 is 34.3 Å². The van der Waals surface area contributed by atoms with Crippen LogP contribution in [0.4, 0.5) is 5.13 Å². The lowest BCUT2D eigenvalue weighted by Gasteiger charge is -2.23. The molecule has 0 aliphatic rings. The molecule has 15 heavy (non-hydrogen) atoms. The highest BCUT2D eigenvalue weighted by atomic mass is 35.5. The Morgan fingerprint density at radius 1 is 1.40 bits per heavy atom. The Balaban J connectivity index is 2.18. The summed E-state index contributed by atoms with van der Waals surface area (Å²) < 4.78 is 0. The van der Waals surface area contributed by atoms with E-state index < -0.39 is 0 Å². The second-order valence-electron chi connectivity index (χ2n) is 3.56. The van der Waals surface area contributed by atoms with E-state index in [1.165, 1.54) is 11.3 Å². The number of halogens is 1. The number of rotatable bonds is 3. The SMILES string of the molecule is CC(C)(Nc1nc(Cl)cs1)c1nccs1. The predicted molar refractivity (Wildman–Crippen MR) is 65.9 cm³/mol. The summed E-state index contributed by atoms with van der Waals surface area (Å²) in [7, 11) is 0. The summed E-state index contributed by atoms with van der Waals surface area (Å²) in [6, 6.07) is 0.